The molecule has 0 aliphatic heterocycles. The number of pyridine rings is 1. The molecule has 0 atom stereocenters. The van der Waals surface area contributed by atoms with Gasteiger partial charge in [0.05, 0.1) is 6.54 Å². The third-order valence-corrected chi connectivity index (χ3v) is 4.41. The molecule has 158 valence electrons. The molecular formula is C24H29IN4O. The number of hydrogen-bond donors (Lipinski definition) is 2. The Bertz CT molecular complexity index is 888. The van der Waals surface area contributed by atoms with Crippen molar-refractivity contribution >= 4 is 29.9 Å². The first-order valence-electron chi connectivity index (χ1n) is 10.0. The molecule has 30 heavy (non-hydrogen) atoms. The summed E-state index contributed by atoms with van der Waals surface area (Å²) in [6.45, 7) is 4.78. The van der Waals surface area contributed by atoms with E-state index in [0.717, 1.165) is 48.0 Å². The van der Waals surface area contributed by atoms with Gasteiger partial charge in [0.1, 0.15) is 12.4 Å². The molecule has 0 bridgehead atoms. The fourth-order valence-corrected chi connectivity index (χ4v) is 2.89. The van der Waals surface area contributed by atoms with Crippen molar-refractivity contribution < 1.29 is 4.74 Å². The van der Waals surface area contributed by atoms with Gasteiger partial charge >= 0.3 is 0 Å². The zero-order valence-corrected chi connectivity index (χ0v) is 19.6. The number of para-hydroxylation sites is 1. The van der Waals surface area contributed by atoms with Gasteiger partial charge in [-0.3, -0.25) is 4.98 Å². The van der Waals surface area contributed by atoms with Crippen molar-refractivity contribution in [3.8, 4) is 5.75 Å². The van der Waals surface area contributed by atoms with E-state index in [1.165, 1.54) is 0 Å². The van der Waals surface area contributed by atoms with E-state index in [4.69, 9.17) is 9.73 Å². The summed E-state index contributed by atoms with van der Waals surface area (Å²) in [5.74, 6) is 1.68. The van der Waals surface area contributed by atoms with Gasteiger partial charge in [0, 0.05) is 31.4 Å². The number of hydrogen-bond acceptors (Lipinski definition) is 3. The molecule has 6 heteroatoms. The van der Waals surface area contributed by atoms with E-state index < -0.39 is 0 Å². The maximum Gasteiger partial charge on any atom is 0.191 e. The maximum atomic E-state index is 5.91. The second-order valence-corrected chi connectivity index (χ2v) is 6.56. The minimum absolute atomic E-state index is 0. The Balaban J connectivity index is 0.00000320. The van der Waals surface area contributed by atoms with Crippen molar-refractivity contribution in [2.24, 2.45) is 4.99 Å². The maximum absolute atomic E-state index is 5.91. The minimum Gasteiger partial charge on any atom is -0.489 e. The topological polar surface area (TPSA) is 58.5 Å². The Morgan fingerprint density at radius 1 is 0.900 bits per heavy atom. The van der Waals surface area contributed by atoms with E-state index >= 15 is 0 Å². The molecule has 3 aromatic rings. The highest BCUT2D eigenvalue weighted by Crippen LogP contribution is 2.15. The van der Waals surface area contributed by atoms with Crippen molar-refractivity contribution in [3.63, 3.8) is 0 Å². The zero-order chi connectivity index (χ0) is 20.2. The first-order valence-corrected chi connectivity index (χ1v) is 10.0. The lowest BCUT2D eigenvalue weighted by molar-refractivity contribution is 0.305. The first kappa shape index (κ1) is 23.7. The van der Waals surface area contributed by atoms with Crippen LogP contribution in [0.3, 0.4) is 0 Å². The van der Waals surface area contributed by atoms with Crippen LogP contribution in [0.1, 0.15) is 23.7 Å². The Labute approximate surface area is 196 Å². The van der Waals surface area contributed by atoms with Gasteiger partial charge in [-0.25, -0.2) is 4.99 Å². The third-order valence-electron chi connectivity index (χ3n) is 4.41. The third kappa shape index (κ3) is 8.02. The Hall–Kier alpha value is -2.61. The van der Waals surface area contributed by atoms with Crippen molar-refractivity contribution in [2.45, 2.75) is 26.5 Å². The molecular weight excluding hydrogens is 487 g/mol. The van der Waals surface area contributed by atoms with Crippen molar-refractivity contribution in [3.05, 3.63) is 95.8 Å². The molecule has 0 saturated heterocycles. The standard InChI is InChI=1S/C24H28N4O.HI/c1-2-25-24(27-17-15-22-12-8-9-16-26-22)28-18-20-10-6-7-11-21(20)19-29-23-13-4-3-5-14-23;/h3-14,16H,2,15,17-19H2,1H3,(H2,25,27,28);1H. The summed E-state index contributed by atoms with van der Waals surface area (Å²) in [5, 5.41) is 6.69. The molecule has 1 aromatic heterocycles. The fraction of sp³-hybridized carbons (Fsp3) is 0.250. The Kier molecular flexibility index (Phi) is 10.7. The van der Waals surface area contributed by atoms with Crippen LogP contribution in [0.25, 0.3) is 0 Å². The predicted octanol–water partition coefficient (Wildman–Crippen LogP) is 4.58. The molecule has 0 aliphatic carbocycles. The molecule has 2 N–H and O–H groups in total. The van der Waals surface area contributed by atoms with Gasteiger partial charge in [0.25, 0.3) is 0 Å². The van der Waals surface area contributed by atoms with Crippen LogP contribution in [0, 0.1) is 0 Å². The highest BCUT2D eigenvalue weighted by atomic mass is 127. The van der Waals surface area contributed by atoms with Gasteiger partial charge in [0.2, 0.25) is 0 Å². The first-order chi connectivity index (χ1) is 14.3. The van der Waals surface area contributed by atoms with Crippen LogP contribution in [0.4, 0.5) is 0 Å². The van der Waals surface area contributed by atoms with Crippen LogP contribution in [0.2, 0.25) is 0 Å². The number of nitrogens with zero attached hydrogens (tertiary/aromatic N) is 2. The van der Waals surface area contributed by atoms with Gasteiger partial charge in [-0.2, -0.15) is 0 Å². The van der Waals surface area contributed by atoms with E-state index in [1.807, 2.05) is 66.9 Å². The summed E-state index contributed by atoms with van der Waals surface area (Å²) < 4.78 is 5.91. The molecule has 2 aromatic carbocycles. The molecule has 0 aliphatic rings. The molecule has 0 amide bonds. The summed E-state index contributed by atoms with van der Waals surface area (Å²) in [5.41, 5.74) is 3.37. The normalized spacial score (nSPS) is 10.8. The van der Waals surface area contributed by atoms with E-state index in [1.54, 1.807) is 0 Å². The zero-order valence-electron chi connectivity index (χ0n) is 17.3. The lowest BCUT2D eigenvalue weighted by Crippen LogP contribution is -2.38. The summed E-state index contributed by atoms with van der Waals surface area (Å²) in [6, 6.07) is 24.1. The molecule has 5 nitrogen and oxygen atoms in total. The highest BCUT2D eigenvalue weighted by molar-refractivity contribution is 14.0. The van der Waals surface area contributed by atoms with Gasteiger partial charge in [-0.1, -0.05) is 48.5 Å². The summed E-state index contributed by atoms with van der Waals surface area (Å²) in [7, 11) is 0. The van der Waals surface area contributed by atoms with Crippen molar-refractivity contribution in [1.82, 2.24) is 15.6 Å². The van der Waals surface area contributed by atoms with E-state index in [-0.39, 0.29) is 24.0 Å². The van der Waals surface area contributed by atoms with Crippen molar-refractivity contribution in [2.75, 3.05) is 13.1 Å². The smallest absolute Gasteiger partial charge is 0.191 e. The monoisotopic (exact) mass is 516 g/mol. The Morgan fingerprint density at radius 2 is 1.63 bits per heavy atom. The molecule has 0 unspecified atom stereocenters. The summed E-state index contributed by atoms with van der Waals surface area (Å²) in [4.78, 5) is 9.11. The lowest BCUT2D eigenvalue weighted by atomic mass is 10.1. The molecule has 0 fully saturated rings. The number of aromatic nitrogens is 1. The summed E-state index contributed by atoms with van der Waals surface area (Å²) >= 11 is 0. The van der Waals surface area contributed by atoms with Crippen LogP contribution in [-0.4, -0.2) is 24.0 Å². The number of nitrogens with one attached hydrogen (secondary N) is 2. The van der Waals surface area contributed by atoms with Crippen LogP contribution >= 0.6 is 24.0 Å². The predicted molar refractivity (Wildman–Crippen MR) is 133 cm³/mol. The average molecular weight is 516 g/mol. The number of aliphatic imine (C=N–C) groups is 1. The van der Waals surface area contributed by atoms with Gasteiger partial charge < -0.3 is 15.4 Å². The molecule has 0 spiro atoms. The van der Waals surface area contributed by atoms with E-state index in [2.05, 4.69) is 34.7 Å². The molecule has 3 rings (SSSR count). The second-order valence-electron chi connectivity index (χ2n) is 6.56. The number of ether oxygens (including phenoxy) is 1. The van der Waals surface area contributed by atoms with E-state index in [0.29, 0.717) is 13.2 Å². The number of halogens is 1. The quantitative estimate of drug-likeness (QED) is 0.249. The van der Waals surface area contributed by atoms with E-state index in [9.17, 15) is 0 Å². The van der Waals surface area contributed by atoms with Crippen LogP contribution in [0.5, 0.6) is 5.75 Å². The highest BCUT2D eigenvalue weighted by Gasteiger charge is 2.04. The SMILES string of the molecule is CCNC(=NCc1ccccc1COc1ccccc1)NCCc1ccccn1.I. The van der Waals surface area contributed by atoms with Gasteiger partial charge in [-0.05, 0) is 42.3 Å². The molecule has 0 saturated carbocycles. The largest absolute Gasteiger partial charge is 0.489 e. The summed E-state index contributed by atoms with van der Waals surface area (Å²) in [6.07, 6.45) is 2.68. The minimum atomic E-state index is 0. The lowest BCUT2D eigenvalue weighted by Gasteiger charge is -2.13. The van der Waals surface area contributed by atoms with Crippen molar-refractivity contribution in [1.29, 1.82) is 0 Å². The Morgan fingerprint density at radius 3 is 2.37 bits per heavy atom. The van der Waals surface area contributed by atoms with Crippen LogP contribution < -0.4 is 15.4 Å². The van der Waals surface area contributed by atoms with Crippen LogP contribution in [0.15, 0.2) is 84.0 Å². The van der Waals surface area contributed by atoms with Crippen LogP contribution in [-0.2, 0) is 19.6 Å². The number of guanidine groups is 1. The molecule has 0 radical (unpaired) electrons. The number of rotatable bonds is 9. The molecule has 1 heterocycles. The fourth-order valence-electron chi connectivity index (χ4n) is 2.89. The average Bonchev–Trinajstić information content (AvgIpc) is 2.78. The van der Waals surface area contributed by atoms with Gasteiger partial charge in [0.15, 0.2) is 5.96 Å². The second kappa shape index (κ2) is 13.6. The van der Waals surface area contributed by atoms with Gasteiger partial charge in [-0.15, -0.1) is 24.0 Å². The number of benzene rings is 2.